The van der Waals surface area contributed by atoms with E-state index in [2.05, 4.69) is 10.3 Å². The van der Waals surface area contributed by atoms with Gasteiger partial charge < -0.3 is 4.74 Å². The van der Waals surface area contributed by atoms with Crippen molar-refractivity contribution in [3.8, 4) is 10.4 Å². The molecule has 0 bridgehead atoms. The van der Waals surface area contributed by atoms with Crippen molar-refractivity contribution < 1.29 is 14.3 Å². The first-order valence-electron chi connectivity index (χ1n) is 9.09. The van der Waals surface area contributed by atoms with Gasteiger partial charge in [-0.2, -0.15) is 0 Å². The lowest BCUT2D eigenvalue weighted by molar-refractivity contribution is 0.112. The van der Waals surface area contributed by atoms with E-state index >= 15 is 0 Å². The first-order valence-corrected chi connectivity index (χ1v) is 9.91. The van der Waals surface area contributed by atoms with Crippen molar-refractivity contribution in [2.24, 2.45) is 0 Å². The molecule has 0 aliphatic heterocycles. The van der Waals surface area contributed by atoms with E-state index in [1.165, 1.54) is 37.1 Å². The minimum Gasteiger partial charge on any atom is -0.447 e. The van der Waals surface area contributed by atoms with E-state index in [-0.39, 0.29) is 6.10 Å². The molecule has 0 radical (unpaired) electrons. The molecule has 1 heterocycles. The van der Waals surface area contributed by atoms with Crippen LogP contribution in [0.4, 0.5) is 10.5 Å². The van der Waals surface area contributed by atoms with Gasteiger partial charge in [-0.15, -0.1) is 11.3 Å². The summed E-state index contributed by atoms with van der Waals surface area (Å²) in [6.45, 7) is 3.57. The van der Waals surface area contributed by atoms with E-state index in [0.717, 1.165) is 16.7 Å². The summed E-state index contributed by atoms with van der Waals surface area (Å²) in [6, 6.07) is 5.31. The average Bonchev–Trinajstić information content (AvgIpc) is 3.11. The fourth-order valence-corrected chi connectivity index (χ4v) is 4.41. The van der Waals surface area contributed by atoms with Crippen LogP contribution in [0.3, 0.4) is 0 Å². The summed E-state index contributed by atoms with van der Waals surface area (Å²) in [7, 11) is 0. The Morgan fingerprint density at radius 2 is 2.08 bits per heavy atom. The van der Waals surface area contributed by atoms with Crippen LogP contribution < -0.4 is 5.32 Å². The topological polar surface area (TPSA) is 68.3 Å². The molecule has 1 aliphatic carbocycles. The number of rotatable bonds is 5. The Morgan fingerprint density at radius 1 is 1.31 bits per heavy atom. The number of hydrogen-bond donors (Lipinski definition) is 1. The lowest BCUT2D eigenvalue weighted by atomic mass is 9.90. The van der Waals surface area contributed by atoms with Gasteiger partial charge in [-0.25, -0.2) is 9.78 Å². The second kappa shape index (κ2) is 8.45. The highest BCUT2D eigenvalue weighted by Gasteiger charge is 2.20. The number of carbonyl (C=O) groups is 2. The Labute approximate surface area is 157 Å². The molecule has 1 amide bonds. The van der Waals surface area contributed by atoms with Gasteiger partial charge in [0, 0.05) is 28.9 Å². The number of ether oxygens (including phenoxy) is 1. The second-order valence-electron chi connectivity index (χ2n) is 6.90. The lowest BCUT2D eigenvalue weighted by Gasteiger charge is -2.18. The normalized spacial score (nSPS) is 15.0. The molecule has 0 saturated heterocycles. The summed E-state index contributed by atoms with van der Waals surface area (Å²) in [6.07, 6.45) is 8.21. The molecule has 26 heavy (non-hydrogen) atoms. The third kappa shape index (κ3) is 4.49. The van der Waals surface area contributed by atoms with Gasteiger partial charge >= 0.3 is 6.09 Å². The Bertz CT molecular complexity index is 779. The number of hydrogen-bond acceptors (Lipinski definition) is 5. The minimum atomic E-state index is -0.526. The highest BCUT2D eigenvalue weighted by molar-refractivity contribution is 7.15. The van der Waals surface area contributed by atoms with Crippen molar-refractivity contribution >= 4 is 29.4 Å². The number of amides is 1. The first-order chi connectivity index (χ1) is 12.6. The van der Waals surface area contributed by atoms with Crippen molar-refractivity contribution in [2.75, 3.05) is 5.32 Å². The van der Waals surface area contributed by atoms with E-state index < -0.39 is 6.09 Å². The summed E-state index contributed by atoms with van der Waals surface area (Å²) in [5, 5.41) is 3.82. The third-order valence-corrected chi connectivity index (χ3v) is 5.70. The molecular formula is C20H24N2O3S. The zero-order chi connectivity index (χ0) is 18.5. The van der Waals surface area contributed by atoms with Gasteiger partial charge in [0.05, 0.1) is 16.0 Å². The quantitative estimate of drug-likeness (QED) is 0.691. The van der Waals surface area contributed by atoms with Crippen LogP contribution in [0.5, 0.6) is 0 Å². The molecule has 1 aromatic carbocycles. The number of nitrogens with one attached hydrogen (secondary N) is 1. The van der Waals surface area contributed by atoms with Gasteiger partial charge in [-0.1, -0.05) is 25.3 Å². The fourth-order valence-electron chi connectivity index (χ4n) is 3.27. The van der Waals surface area contributed by atoms with Gasteiger partial charge in [-0.05, 0) is 38.8 Å². The number of anilines is 1. The fraction of sp³-hybridized carbons (Fsp3) is 0.450. The average molecular weight is 372 g/mol. The lowest BCUT2D eigenvalue weighted by Crippen LogP contribution is -2.18. The number of thiazole rings is 1. The van der Waals surface area contributed by atoms with Crippen molar-refractivity contribution in [1.29, 1.82) is 0 Å². The van der Waals surface area contributed by atoms with Crippen LogP contribution in [-0.2, 0) is 4.74 Å². The number of aldehydes is 1. The summed E-state index contributed by atoms with van der Waals surface area (Å²) >= 11 is 1.67. The molecule has 0 spiro atoms. The summed E-state index contributed by atoms with van der Waals surface area (Å²) in [5.41, 5.74) is 1.92. The van der Waals surface area contributed by atoms with Gasteiger partial charge in [-0.3, -0.25) is 10.1 Å². The smallest absolute Gasteiger partial charge is 0.411 e. The Morgan fingerprint density at radius 3 is 2.77 bits per heavy atom. The highest BCUT2D eigenvalue weighted by atomic mass is 32.1. The van der Waals surface area contributed by atoms with Gasteiger partial charge in [0.15, 0.2) is 6.29 Å². The van der Waals surface area contributed by atoms with Crippen LogP contribution in [0, 0.1) is 0 Å². The van der Waals surface area contributed by atoms with E-state index in [9.17, 15) is 9.59 Å². The molecule has 1 aromatic heterocycles. The van der Waals surface area contributed by atoms with Crippen molar-refractivity contribution in [3.05, 3.63) is 35.0 Å². The SMILES string of the molecule is CC(C)OC(=O)Nc1ccc(-c2cnc(C3CCCCC3)s2)c(C=O)c1. The molecule has 1 N–H and O–H groups in total. The van der Waals surface area contributed by atoms with Gasteiger partial charge in [0.1, 0.15) is 0 Å². The molecule has 0 unspecified atom stereocenters. The van der Waals surface area contributed by atoms with Crippen LogP contribution in [-0.4, -0.2) is 23.5 Å². The zero-order valence-electron chi connectivity index (χ0n) is 15.2. The van der Waals surface area contributed by atoms with E-state index in [0.29, 0.717) is 17.2 Å². The third-order valence-electron chi connectivity index (χ3n) is 4.51. The van der Waals surface area contributed by atoms with Gasteiger partial charge in [0.25, 0.3) is 0 Å². The Kier molecular flexibility index (Phi) is 6.04. The standard InChI is InChI=1S/C20H24N2O3S/c1-13(2)25-20(24)22-16-8-9-17(15(10-16)12-23)18-11-21-19(26-18)14-6-4-3-5-7-14/h8-14H,3-7H2,1-2H3,(H,22,24). The number of benzene rings is 1. The van der Waals surface area contributed by atoms with Crippen LogP contribution in [0.25, 0.3) is 10.4 Å². The summed E-state index contributed by atoms with van der Waals surface area (Å²) < 4.78 is 5.07. The highest BCUT2D eigenvalue weighted by Crippen LogP contribution is 2.38. The zero-order valence-corrected chi connectivity index (χ0v) is 16.0. The Hall–Kier alpha value is -2.21. The van der Waals surface area contributed by atoms with Crippen LogP contribution in [0.15, 0.2) is 24.4 Å². The van der Waals surface area contributed by atoms with Crippen LogP contribution in [0.2, 0.25) is 0 Å². The molecule has 3 rings (SSSR count). The molecule has 5 nitrogen and oxygen atoms in total. The largest absolute Gasteiger partial charge is 0.447 e. The second-order valence-corrected chi connectivity index (χ2v) is 7.96. The maximum atomic E-state index is 11.7. The first kappa shape index (κ1) is 18.6. The van der Waals surface area contributed by atoms with E-state index in [1.54, 1.807) is 37.3 Å². The molecular weight excluding hydrogens is 348 g/mol. The molecule has 138 valence electrons. The van der Waals surface area contributed by atoms with Crippen molar-refractivity contribution in [3.63, 3.8) is 0 Å². The Balaban J connectivity index is 1.78. The molecule has 1 aliphatic rings. The van der Waals surface area contributed by atoms with Crippen LogP contribution in [0.1, 0.15) is 67.2 Å². The predicted molar refractivity (Wildman–Crippen MR) is 104 cm³/mol. The number of nitrogens with zero attached hydrogens (tertiary/aromatic N) is 1. The van der Waals surface area contributed by atoms with Crippen molar-refractivity contribution in [1.82, 2.24) is 4.98 Å². The summed E-state index contributed by atoms with van der Waals surface area (Å²) in [4.78, 5) is 28.9. The predicted octanol–water partition coefficient (Wildman–Crippen LogP) is 5.63. The molecule has 6 heteroatoms. The monoisotopic (exact) mass is 372 g/mol. The number of carbonyl (C=O) groups excluding carboxylic acids is 2. The maximum absolute atomic E-state index is 11.7. The summed E-state index contributed by atoms with van der Waals surface area (Å²) in [5.74, 6) is 0.550. The van der Waals surface area contributed by atoms with Gasteiger partial charge in [0.2, 0.25) is 0 Å². The van der Waals surface area contributed by atoms with E-state index in [4.69, 9.17) is 4.74 Å². The van der Waals surface area contributed by atoms with E-state index in [1.807, 2.05) is 12.3 Å². The molecule has 1 fully saturated rings. The minimum absolute atomic E-state index is 0.199. The molecule has 2 aromatic rings. The number of aromatic nitrogens is 1. The molecule has 1 saturated carbocycles. The molecule has 0 atom stereocenters. The maximum Gasteiger partial charge on any atom is 0.411 e. The van der Waals surface area contributed by atoms with Crippen molar-refractivity contribution in [2.45, 2.75) is 58.0 Å². The van der Waals surface area contributed by atoms with Crippen LogP contribution >= 0.6 is 11.3 Å².